The van der Waals surface area contributed by atoms with Crippen LogP contribution in [0.1, 0.15) is 32.1 Å². The van der Waals surface area contributed by atoms with Crippen LogP contribution < -0.4 is 10.3 Å². The van der Waals surface area contributed by atoms with Crippen molar-refractivity contribution in [3.8, 4) is 11.4 Å². The van der Waals surface area contributed by atoms with Gasteiger partial charge in [-0.1, -0.05) is 30.3 Å². The number of methoxy groups -OCH3 is 1. The number of piperidine rings is 1. The highest BCUT2D eigenvalue weighted by Crippen LogP contribution is 2.29. The van der Waals surface area contributed by atoms with Crippen LogP contribution in [0.25, 0.3) is 16.6 Å². The Hall–Kier alpha value is -2.84. The lowest BCUT2D eigenvalue weighted by atomic mass is 10.1. The van der Waals surface area contributed by atoms with Crippen molar-refractivity contribution in [2.75, 3.05) is 39.8 Å². The molecule has 184 valence electrons. The number of rotatable bonds is 8. The highest BCUT2D eigenvalue weighted by atomic mass is 32.2. The predicted octanol–water partition coefficient (Wildman–Crippen LogP) is 3.96. The van der Waals surface area contributed by atoms with Crippen molar-refractivity contribution in [2.45, 2.75) is 42.5 Å². The Morgan fingerprint density at radius 2 is 1.71 bits per heavy atom. The molecule has 0 spiro atoms. The minimum atomic E-state index is -0.0859. The topological polar surface area (TPSA) is 67.7 Å². The van der Waals surface area contributed by atoms with Crippen molar-refractivity contribution >= 4 is 28.6 Å². The second kappa shape index (κ2) is 10.8. The van der Waals surface area contributed by atoms with Crippen molar-refractivity contribution < 1.29 is 9.53 Å². The summed E-state index contributed by atoms with van der Waals surface area (Å²) < 4.78 is 7.03. The molecule has 0 N–H and O–H groups in total. The number of carbonyl (C=O) groups is 1. The molecule has 2 aromatic carbocycles. The number of aromatic nitrogens is 2. The van der Waals surface area contributed by atoms with E-state index in [9.17, 15) is 9.59 Å². The number of hydrogen-bond donors (Lipinski definition) is 0. The molecule has 2 saturated heterocycles. The first kappa shape index (κ1) is 23.9. The molecule has 1 amide bonds. The van der Waals surface area contributed by atoms with E-state index in [0.717, 1.165) is 44.0 Å². The molecule has 0 unspecified atom stereocenters. The van der Waals surface area contributed by atoms with Gasteiger partial charge < -0.3 is 14.5 Å². The Balaban J connectivity index is 1.53. The third-order valence-corrected chi connectivity index (χ3v) is 7.97. The Morgan fingerprint density at radius 1 is 0.943 bits per heavy atom. The van der Waals surface area contributed by atoms with Crippen molar-refractivity contribution in [3.63, 3.8) is 0 Å². The Bertz CT molecular complexity index is 1240. The van der Waals surface area contributed by atoms with Gasteiger partial charge in [0.25, 0.3) is 5.56 Å². The third-order valence-electron chi connectivity index (χ3n) is 6.85. The number of nitrogens with zero attached hydrogens (tertiary/aromatic N) is 4. The van der Waals surface area contributed by atoms with Crippen LogP contribution in [0.3, 0.4) is 0 Å². The lowest BCUT2D eigenvalue weighted by Gasteiger charge is -2.32. The van der Waals surface area contributed by atoms with Crippen LogP contribution in [0.4, 0.5) is 0 Å². The molecule has 7 nitrogen and oxygen atoms in total. The van der Waals surface area contributed by atoms with E-state index >= 15 is 0 Å². The molecule has 0 aliphatic carbocycles. The maximum absolute atomic E-state index is 13.7. The zero-order valence-electron chi connectivity index (χ0n) is 20.2. The molecule has 0 bridgehead atoms. The highest BCUT2D eigenvalue weighted by Gasteiger charge is 2.27. The van der Waals surface area contributed by atoms with Gasteiger partial charge in [-0.2, -0.15) is 0 Å². The monoisotopic (exact) mass is 492 g/mol. The Morgan fingerprint density at radius 3 is 2.43 bits per heavy atom. The number of benzene rings is 2. The fourth-order valence-corrected chi connectivity index (χ4v) is 6.29. The van der Waals surface area contributed by atoms with Crippen LogP contribution in [0.15, 0.2) is 58.5 Å². The molecule has 3 heterocycles. The summed E-state index contributed by atoms with van der Waals surface area (Å²) in [6.07, 6.45) is 5.26. The van der Waals surface area contributed by atoms with E-state index in [1.165, 1.54) is 19.3 Å². The third kappa shape index (κ3) is 5.38. The summed E-state index contributed by atoms with van der Waals surface area (Å²) >= 11 is 1.62. The number of hydrogen-bond acceptors (Lipinski definition) is 6. The molecule has 1 aromatic heterocycles. The average Bonchev–Trinajstić information content (AvgIpc) is 3.29. The van der Waals surface area contributed by atoms with Crippen molar-refractivity contribution in [2.24, 2.45) is 0 Å². The predicted molar refractivity (Wildman–Crippen MR) is 140 cm³/mol. The van der Waals surface area contributed by atoms with E-state index in [2.05, 4.69) is 4.90 Å². The van der Waals surface area contributed by atoms with Crippen molar-refractivity contribution in [3.05, 3.63) is 58.9 Å². The smallest absolute Gasteiger partial charge is 0.266 e. The number of ether oxygens (including phenoxy) is 1. The Labute approximate surface area is 210 Å². The van der Waals surface area contributed by atoms with Gasteiger partial charge in [-0.25, -0.2) is 4.98 Å². The minimum absolute atomic E-state index is 0.0859. The van der Waals surface area contributed by atoms with E-state index < -0.39 is 0 Å². The van der Waals surface area contributed by atoms with Crippen LogP contribution in [0.5, 0.6) is 5.75 Å². The van der Waals surface area contributed by atoms with Gasteiger partial charge in [-0.3, -0.25) is 14.2 Å². The van der Waals surface area contributed by atoms with Crippen LogP contribution in [0.2, 0.25) is 0 Å². The molecule has 0 radical (unpaired) electrons. The molecular weight excluding hydrogens is 460 g/mol. The summed E-state index contributed by atoms with van der Waals surface area (Å²) in [4.78, 5) is 35.6. The van der Waals surface area contributed by atoms with E-state index in [-0.39, 0.29) is 16.7 Å². The van der Waals surface area contributed by atoms with Crippen LogP contribution >= 0.6 is 11.8 Å². The van der Waals surface area contributed by atoms with E-state index in [4.69, 9.17) is 9.72 Å². The minimum Gasteiger partial charge on any atom is -0.497 e. The van der Waals surface area contributed by atoms with Gasteiger partial charge in [0.15, 0.2) is 5.16 Å². The molecule has 8 heteroatoms. The zero-order valence-corrected chi connectivity index (χ0v) is 21.0. The largest absolute Gasteiger partial charge is 0.497 e. The van der Waals surface area contributed by atoms with E-state index in [1.807, 2.05) is 53.4 Å². The van der Waals surface area contributed by atoms with Gasteiger partial charge in [0, 0.05) is 31.3 Å². The number of para-hydroxylation sites is 1. The van der Waals surface area contributed by atoms with Gasteiger partial charge in [-0.15, -0.1) is 0 Å². The summed E-state index contributed by atoms with van der Waals surface area (Å²) in [6.45, 7) is 4.53. The summed E-state index contributed by atoms with van der Waals surface area (Å²) in [5.41, 5.74) is 1.36. The molecule has 2 aliphatic heterocycles. The van der Waals surface area contributed by atoms with Gasteiger partial charge in [-0.05, 0) is 68.8 Å². The number of carbonyl (C=O) groups excluding carboxylic acids is 1. The summed E-state index contributed by atoms with van der Waals surface area (Å²) in [7, 11) is 1.63. The fourth-order valence-electron chi connectivity index (χ4n) is 5.00. The quantitative estimate of drug-likeness (QED) is 0.350. The molecular formula is C27H32N4O3S. The number of amides is 1. The first-order chi connectivity index (χ1) is 17.1. The lowest BCUT2D eigenvalue weighted by Crippen LogP contribution is -2.41. The first-order valence-electron chi connectivity index (χ1n) is 12.5. The van der Waals surface area contributed by atoms with Gasteiger partial charge in [0.1, 0.15) is 5.75 Å². The standard InChI is InChI=1S/C27H32N4O3S/c1-34-21-13-11-20(12-14-21)31-26(33)23-8-3-4-9-24(23)28-27(31)35-22(18-29-15-5-2-6-16-29)19-30-17-7-10-25(30)32/h3-4,8-9,11-14,22H,2,5-7,10,15-19H2,1H3/t22-/m1/s1. The fraction of sp³-hybridized carbons (Fsp3) is 0.444. The summed E-state index contributed by atoms with van der Waals surface area (Å²) in [5.74, 6) is 0.966. The summed E-state index contributed by atoms with van der Waals surface area (Å²) in [6, 6.07) is 15.0. The molecule has 35 heavy (non-hydrogen) atoms. The molecule has 2 fully saturated rings. The number of fused-ring (bicyclic) bond motifs is 1. The SMILES string of the molecule is COc1ccc(-n2c(S[C@H](CN3CCCCC3)CN3CCCC3=O)nc3ccccc3c2=O)cc1. The van der Waals surface area contributed by atoms with Crippen LogP contribution in [-0.4, -0.2) is 70.3 Å². The maximum atomic E-state index is 13.7. The lowest BCUT2D eigenvalue weighted by molar-refractivity contribution is -0.127. The highest BCUT2D eigenvalue weighted by molar-refractivity contribution is 7.99. The molecule has 3 aromatic rings. The first-order valence-corrected chi connectivity index (χ1v) is 13.3. The Kier molecular flexibility index (Phi) is 7.39. The van der Waals surface area contributed by atoms with Crippen LogP contribution in [0, 0.1) is 0 Å². The molecule has 0 saturated carbocycles. The zero-order chi connectivity index (χ0) is 24.2. The van der Waals surface area contributed by atoms with Gasteiger partial charge >= 0.3 is 0 Å². The second-order valence-corrected chi connectivity index (χ2v) is 10.6. The molecule has 1 atom stereocenters. The van der Waals surface area contributed by atoms with Crippen molar-refractivity contribution in [1.29, 1.82) is 0 Å². The second-order valence-electron chi connectivity index (χ2n) is 9.29. The van der Waals surface area contributed by atoms with E-state index in [1.54, 1.807) is 23.4 Å². The summed E-state index contributed by atoms with van der Waals surface area (Å²) in [5, 5.41) is 1.37. The maximum Gasteiger partial charge on any atom is 0.266 e. The molecule has 2 aliphatic rings. The van der Waals surface area contributed by atoms with Crippen LogP contribution in [-0.2, 0) is 4.79 Å². The van der Waals surface area contributed by atoms with E-state index in [0.29, 0.717) is 29.0 Å². The van der Waals surface area contributed by atoms with Gasteiger partial charge in [0.2, 0.25) is 5.91 Å². The van der Waals surface area contributed by atoms with Crippen molar-refractivity contribution in [1.82, 2.24) is 19.4 Å². The molecule has 5 rings (SSSR count). The normalized spacial score (nSPS) is 17.7. The van der Waals surface area contributed by atoms with Gasteiger partial charge in [0.05, 0.1) is 23.7 Å². The number of thioether (sulfide) groups is 1. The number of likely N-dealkylation sites (tertiary alicyclic amines) is 2. The average molecular weight is 493 g/mol.